The molecule has 0 bridgehead atoms. The summed E-state index contributed by atoms with van der Waals surface area (Å²) in [5, 5.41) is 21.7. The number of hydrogen-bond donors (Lipinski definition) is 3. The van der Waals surface area contributed by atoms with Gasteiger partial charge in [0.15, 0.2) is 0 Å². The van der Waals surface area contributed by atoms with Crippen LogP contribution in [0.15, 0.2) is 12.2 Å². The molecule has 6 nitrogen and oxygen atoms in total. The molecule has 0 aromatic rings. The lowest BCUT2D eigenvalue weighted by Gasteiger charge is -2.24. The van der Waals surface area contributed by atoms with Crippen molar-refractivity contribution in [2.24, 2.45) is 5.92 Å². The number of carboxylic acid groups (broad SMARTS) is 1. The third-order valence-electron chi connectivity index (χ3n) is 4.59. The molecule has 23 heavy (non-hydrogen) atoms. The smallest absolute Gasteiger partial charge is 0.478 e. The lowest BCUT2D eigenvalue weighted by molar-refractivity contribution is -0.137. The van der Waals surface area contributed by atoms with Gasteiger partial charge in [-0.25, -0.2) is 0 Å². The second-order valence-electron chi connectivity index (χ2n) is 6.54. The van der Waals surface area contributed by atoms with Crippen molar-refractivity contribution >= 4 is 19.0 Å². The molecule has 0 spiro atoms. The van der Waals surface area contributed by atoms with Crippen molar-refractivity contribution in [3.63, 3.8) is 0 Å². The van der Waals surface area contributed by atoms with Crippen molar-refractivity contribution in [2.45, 2.75) is 69.8 Å². The van der Waals surface area contributed by atoms with Crippen molar-refractivity contribution in [1.82, 2.24) is 5.32 Å². The van der Waals surface area contributed by atoms with E-state index in [0.29, 0.717) is 25.2 Å². The maximum atomic E-state index is 12.2. The Labute approximate surface area is 137 Å². The summed E-state index contributed by atoms with van der Waals surface area (Å²) in [4.78, 5) is 22.8. The molecular weight excluding hydrogens is 297 g/mol. The lowest BCUT2D eigenvalue weighted by atomic mass is 9.76. The number of hydrogen-bond acceptors (Lipinski definition) is 4. The minimum atomic E-state index is -1.11. The zero-order valence-corrected chi connectivity index (χ0v) is 13.4. The summed E-state index contributed by atoms with van der Waals surface area (Å²) in [6, 6.07) is 0. The van der Waals surface area contributed by atoms with Gasteiger partial charge in [0, 0.05) is 12.8 Å². The largest absolute Gasteiger partial charge is 0.481 e. The predicted molar refractivity (Wildman–Crippen MR) is 86.6 cm³/mol. The molecule has 1 aliphatic carbocycles. The SMILES string of the molecule is O=C(O)CCC1C=CC[C@H](NC(=O)CC2CCCCC2)B(O)O1. The summed E-state index contributed by atoms with van der Waals surface area (Å²) in [6.45, 7) is 0. The number of carboxylic acids is 1. The molecule has 0 aromatic heterocycles. The van der Waals surface area contributed by atoms with Crippen LogP contribution in [0.25, 0.3) is 0 Å². The topological polar surface area (TPSA) is 95.9 Å². The number of carbonyl (C=O) groups excluding carboxylic acids is 1. The van der Waals surface area contributed by atoms with Gasteiger partial charge in [-0.1, -0.05) is 31.4 Å². The Morgan fingerprint density at radius 3 is 2.70 bits per heavy atom. The molecule has 2 rings (SSSR count). The molecule has 2 aliphatic rings. The molecule has 1 amide bonds. The Hall–Kier alpha value is -1.34. The first-order valence-corrected chi connectivity index (χ1v) is 8.56. The van der Waals surface area contributed by atoms with Crippen LogP contribution in [0.4, 0.5) is 0 Å². The number of amides is 1. The van der Waals surface area contributed by atoms with E-state index < -0.39 is 25.1 Å². The number of nitrogens with one attached hydrogen (secondary N) is 1. The molecule has 1 unspecified atom stereocenters. The molecule has 1 fully saturated rings. The molecule has 1 heterocycles. The molecule has 1 aliphatic heterocycles. The second-order valence-corrected chi connectivity index (χ2v) is 6.54. The van der Waals surface area contributed by atoms with E-state index in [1.165, 1.54) is 19.3 Å². The van der Waals surface area contributed by atoms with Gasteiger partial charge in [0.05, 0.1) is 12.0 Å². The zero-order chi connectivity index (χ0) is 16.7. The Kier molecular flexibility index (Phi) is 7.11. The molecule has 0 aromatic carbocycles. The molecular formula is C16H26BNO5. The monoisotopic (exact) mass is 323 g/mol. The maximum absolute atomic E-state index is 12.2. The fourth-order valence-corrected chi connectivity index (χ4v) is 3.29. The predicted octanol–water partition coefficient (Wildman–Crippen LogP) is 1.67. The van der Waals surface area contributed by atoms with Crippen LogP contribution in [-0.2, 0) is 14.2 Å². The second kappa shape index (κ2) is 9.08. The number of aliphatic carboxylic acids is 1. The lowest BCUT2D eigenvalue weighted by Crippen LogP contribution is -2.48. The molecule has 0 radical (unpaired) electrons. The highest BCUT2D eigenvalue weighted by molar-refractivity contribution is 6.45. The summed E-state index contributed by atoms with van der Waals surface area (Å²) in [7, 11) is -1.11. The van der Waals surface area contributed by atoms with E-state index in [2.05, 4.69) is 5.32 Å². The van der Waals surface area contributed by atoms with E-state index in [1.807, 2.05) is 6.08 Å². The van der Waals surface area contributed by atoms with Gasteiger partial charge in [-0.3, -0.25) is 9.59 Å². The van der Waals surface area contributed by atoms with Gasteiger partial charge >= 0.3 is 13.1 Å². The first-order chi connectivity index (χ1) is 11.0. The molecule has 0 saturated heterocycles. The van der Waals surface area contributed by atoms with Crippen LogP contribution < -0.4 is 5.32 Å². The van der Waals surface area contributed by atoms with E-state index >= 15 is 0 Å². The maximum Gasteiger partial charge on any atom is 0.478 e. The molecule has 3 N–H and O–H groups in total. The zero-order valence-electron chi connectivity index (χ0n) is 13.4. The third kappa shape index (κ3) is 6.35. The minimum absolute atomic E-state index is 0.0135. The van der Waals surface area contributed by atoms with Gasteiger partial charge in [0.25, 0.3) is 0 Å². The van der Waals surface area contributed by atoms with Gasteiger partial charge in [0.1, 0.15) is 0 Å². The first kappa shape index (κ1) is 18.0. The van der Waals surface area contributed by atoms with Crippen LogP contribution >= 0.6 is 0 Å². The average Bonchev–Trinajstić information content (AvgIpc) is 2.68. The van der Waals surface area contributed by atoms with Gasteiger partial charge in [-0.2, -0.15) is 0 Å². The van der Waals surface area contributed by atoms with E-state index in [-0.39, 0.29) is 12.3 Å². The Morgan fingerprint density at radius 1 is 1.26 bits per heavy atom. The Bertz CT molecular complexity index is 436. The van der Waals surface area contributed by atoms with Crippen molar-refractivity contribution in [1.29, 1.82) is 0 Å². The Balaban J connectivity index is 1.77. The van der Waals surface area contributed by atoms with Crippen LogP contribution in [0.1, 0.15) is 57.8 Å². The molecule has 2 atom stereocenters. The highest BCUT2D eigenvalue weighted by Crippen LogP contribution is 2.26. The van der Waals surface area contributed by atoms with E-state index in [1.54, 1.807) is 6.08 Å². The molecule has 7 heteroatoms. The fraction of sp³-hybridized carbons (Fsp3) is 0.750. The van der Waals surface area contributed by atoms with Crippen molar-refractivity contribution in [2.75, 3.05) is 0 Å². The normalized spacial score (nSPS) is 25.9. The van der Waals surface area contributed by atoms with Crippen LogP contribution in [-0.4, -0.2) is 41.2 Å². The van der Waals surface area contributed by atoms with Crippen LogP contribution in [0.2, 0.25) is 0 Å². The highest BCUT2D eigenvalue weighted by atomic mass is 16.5. The number of carbonyl (C=O) groups is 2. The van der Waals surface area contributed by atoms with Crippen molar-refractivity contribution in [3.05, 3.63) is 12.2 Å². The first-order valence-electron chi connectivity index (χ1n) is 8.56. The highest BCUT2D eigenvalue weighted by Gasteiger charge is 2.32. The van der Waals surface area contributed by atoms with Crippen molar-refractivity contribution in [3.8, 4) is 0 Å². The third-order valence-corrected chi connectivity index (χ3v) is 4.59. The van der Waals surface area contributed by atoms with Crippen LogP contribution in [0.3, 0.4) is 0 Å². The summed E-state index contributed by atoms with van der Waals surface area (Å²) in [5.41, 5.74) is 0. The van der Waals surface area contributed by atoms with Gasteiger partial charge < -0.3 is 20.1 Å². The Morgan fingerprint density at radius 2 is 2.00 bits per heavy atom. The van der Waals surface area contributed by atoms with Crippen LogP contribution in [0, 0.1) is 5.92 Å². The average molecular weight is 323 g/mol. The van der Waals surface area contributed by atoms with E-state index in [0.717, 1.165) is 12.8 Å². The summed E-state index contributed by atoms with van der Waals surface area (Å²) in [6.07, 6.45) is 10.3. The molecule has 128 valence electrons. The van der Waals surface area contributed by atoms with Gasteiger partial charge in [0.2, 0.25) is 5.91 Å². The van der Waals surface area contributed by atoms with Crippen molar-refractivity contribution < 1.29 is 24.4 Å². The molecule has 1 saturated carbocycles. The standard InChI is InChI=1S/C16H26BNO5/c19-15(11-12-5-2-1-3-6-12)18-14-8-4-7-13(23-17(14)22)9-10-16(20)21/h4,7,12-14,22H,1-3,5-6,8-11H2,(H,18,19)(H,20,21)/t13?,14-/m0/s1. The van der Waals surface area contributed by atoms with Gasteiger partial charge in [-0.05, 0) is 31.6 Å². The van der Waals surface area contributed by atoms with Gasteiger partial charge in [-0.15, -0.1) is 0 Å². The van der Waals surface area contributed by atoms with E-state index in [4.69, 9.17) is 9.76 Å². The summed E-state index contributed by atoms with van der Waals surface area (Å²) in [5.74, 6) is -0.955. The fourth-order valence-electron chi connectivity index (χ4n) is 3.29. The quantitative estimate of drug-likeness (QED) is 0.510. The summed E-state index contributed by atoms with van der Waals surface area (Å²) < 4.78 is 5.46. The van der Waals surface area contributed by atoms with E-state index in [9.17, 15) is 14.6 Å². The number of rotatable bonds is 6. The summed E-state index contributed by atoms with van der Waals surface area (Å²) >= 11 is 0. The van der Waals surface area contributed by atoms with Crippen LogP contribution in [0.5, 0.6) is 0 Å². The minimum Gasteiger partial charge on any atom is -0.481 e.